The maximum absolute atomic E-state index is 12.8. The highest BCUT2D eigenvalue weighted by molar-refractivity contribution is 7.99. The van der Waals surface area contributed by atoms with Crippen molar-refractivity contribution in [3.8, 4) is 0 Å². The number of benzene rings is 1. The van der Waals surface area contributed by atoms with Gasteiger partial charge in [-0.15, -0.1) is 11.8 Å². The first-order valence-corrected chi connectivity index (χ1v) is 9.25. The Kier molecular flexibility index (Phi) is 6.82. The summed E-state index contributed by atoms with van der Waals surface area (Å²) in [4.78, 5) is 0.989. The molecular weight excluding hydrogens is 285 g/mol. The molecule has 3 nitrogen and oxygen atoms in total. The Morgan fingerprint density at radius 3 is 2.47 bits per heavy atom. The van der Waals surface area contributed by atoms with Gasteiger partial charge in [0.15, 0.2) is 0 Å². The van der Waals surface area contributed by atoms with Crippen LogP contribution >= 0.6 is 11.8 Å². The highest BCUT2D eigenvalue weighted by Gasteiger charge is 2.11. The van der Waals surface area contributed by atoms with E-state index in [1.807, 2.05) is 6.92 Å². The first kappa shape index (κ1) is 16.5. The van der Waals surface area contributed by atoms with E-state index in [0.29, 0.717) is 6.42 Å². The Bertz CT molecular complexity index is 474. The molecule has 0 spiro atoms. The van der Waals surface area contributed by atoms with Crippen LogP contribution in [-0.4, -0.2) is 38.8 Å². The van der Waals surface area contributed by atoms with Gasteiger partial charge in [0.25, 0.3) is 0 Å². The predicted octanol–water partition coefficient (Wildman–Crippen LogP) is 2.33. The summed E-state index contributed by atoms with van der Waals surface area (Å²) in [5.41, 5.74) is 0. The minimum Gasteiger partial charge on any atom is -0.313 e. The first-order chi connectivity index (χ1) is 8.90. The van der Waals surface area contributed by atoms with Crippen molar-refractivity contribution in [2.24, 2.45) is 0 Å². The summed E-state index contributed by atoms with van der Waals surface area (Å²) in [6.07, 6.45) is 1.85. The molecule has 1 unspecified atom stereocenters. The molecule has 0 radical (unpaired) electrons. The number of thioether (sulfide) groups is 1. The van der Waals surface area contributed by atoms with Gasteiger partial charge >= 0.3 is 0 Å². The number of sulfone groups is 1. The van der Waals surface area contributed by atoms with Crippen molar-refractivity contribution in [3.05, 3.63) is 30.1 Å². The SMILES string of the molecule is CCNC(CCS(C)(=O)=O)CSc1ccc(F)cc1. The number of nitrogens with one attached hydrogen (secondary N) is 1. The molecule has 0 aliphatic carbocycles. The molecule has 0 aromatic heterocycles. The lowest BCUT2D eigenvalue weighted by atomic mass is 10.2. The van der Waals surface area contributed by atoms with E-state index in [9.17, 15) is 12.8 Å². The van der Waals surface area contributed by atoms with E-state index in [1.165, 1.54) is 18.4 Å². The van der Waals surface area contributed by atoms with Crippen molar-refractivity contribution in [1.82, 2.24) is 5.32 Å². The molecule has 0 aliphatic rings. The second-order valence-electron chi connectivity index (χ2n) is 4.44. The minimum absolute atomic E-state index is 0.148. The molecule has 0 saturated heterocycles. The van der Waals surface area contributed by atoms with Crippen molar-refractivity contribution < 1.29 is 12.8 Å². The van der Waals surface area contributed by atoms with Crippen LogP contribution < -0.4 is 5.32 Å². The van der Waals surface area contributed by atoms with Crippen LogP contribution in [0.5, 0.6) is 0 Å². The van der Waals surface area contributed by atoms with E-state index in [-0.39, 0.29) is 17.6 Å². The molecule has 1 atom stereocenters. The fourth-order valence-corrected chi connectivity index (χ4v) is 3.34. The monoisotopic (exact) mass is 305 g/mol. The highest BCUT2D eigenvalue weighted by Crippen LogP contribution is 2.19. The number of hydrogen-bond donors (Lipinski definition) is 1. The van der Waals surface area contributed by atoms with Crippen molar-refractivity contribution in [1.29, 1.82) is 0 Å². The molecule has 1 aromatic carbocycles. The van der Waals surface area contributed by atoms with Crippen LogP contribution in [0.25, 0.3) is 0 Å². The summed E-state index contributed by atoms with van der Waals surface area (Å²) in [6.45, 7) is 2.80. The molecule has 0 bridgehead atoms. The molecule has 0 aliphatic heterocycles. The van der Waals surface area contributed by atoms with Gasteiger partial charge in [0.05, 0.1) is 5.75 Å². The lowest BCUT2D eigenvalue weighted by Crippen LogP contribution is -2.33. The highest BCUT2D eigenvalue weighted by atomic mass is 32.2. The van der Waals surface area contributed by atoms with Gasteiger partial charge in [-0.1, -0.05) is 6.92 Å². The zero-order valence-electron chi connectivity index (χ0n) is 11.2. The second-order valence-corrected chi connectivity index (χ2v) is 7.79. The van der Waals surface area contributed by atoms with E-state index in [4.69, 9.17) is 0 Å². The first-order valence-electron chi connectivity index (χ1n) is 6.20. The third-order valence-corrected chi connectivity index (χ3v) is 4.75. The molecule has 19 heavy (non-hydrogen) atoms. The van der Waals surface area contributed by atoms with E-state index < -0.39 is 9.84 Å². The molecule has 0 fully saturated rings. The molecule has 0 amide bonds. The molecule has 1 rings (SSSR count). The molecule has 0 heterocycles. The summed E-state index contributed by atoms with van der Waals surface area (Å²) in [5, 5.41) is 3.28. The average molecular weight is 305 g/mol. The second kappa shape index (κ2) is 7.87. The zero-order chi connectivity index (χ0) is 14.3. The molecule has 1 N–H and O–H groups in total. The van der Waals surface area contributed by atoms with Crippen LogP contribution in [-0.2, 0) is 9.84 Å². The molecule has 0 saturated carbocycles. The summed E-state index contributed by atoms with van der Waals surface area (Å²) in [7, 11) is -2.92. The Morgan fingerprint density at radius 1 is 1.32 bits per heavy atom. The molecule has 6 heteroatoms. The Balaban J connectivity index is 2.47. The average Bonchev–Trinajstić information content (AvgIpc) is 2.34. The van der Waals surface area contributed by atoms with Crippen LogP contribution in [0.2, 0.25) is 0 Å². The summed E-state index contributed by atoms with van der Waals surface area (Å²) >= 11 is 1.60. The van der Waals surface area contributed by atoms with Gasteiger partial charge in [0, 0.05) is 22.9 Å². The van der Waals surface area contributed by atoms with Crippen LogP contribution in [0, 0.1) is 5.82 Å². The summed E-state index contributed by atoms with van der Waals surface area (Å²) in [6, 6.07) is 6.48. The fraction of sp³-hybridized carbons (Fsp3) is 0.538. The normalized spacial score (nSPS) is 13.4. The van der Waals surface area contributed by atoms with Crippen molar-refractivity contribution in [3.63, 3.8) is 0 Å². The number of rotatable bonds is 8. The Hall–Kier alpha value is -0.590. The number of halogens is 1. The van der Waals surface area contributed by atoms with Crippen molar-refractivity contribution in [2.45, 2.75) is 24.3 Å². The Labute approximate surface area is 118 Å². The lowest BCUT2D eigenvalue weighted by molar-refractivity contribution is 0.548. The van der Waals surface area contributed by atoms with Crippen molar-refractivity contribution in [2.75, 3.05) is 24.3 Å². The molecule has 108 valence electrons. The van der Waals surface area contributed by atoms with E-state index in [1.54, 1.807) is 23.9 Å². The smallest absolute Gasteiger partial charge is 0.147 e. The van der Waals surface area contributed by atoms with Crippen LogP contribution in [0.3, 0.4) is 0 Å². The standard InChI is InChI=1S/C13H20FNO2S2/c1-3-15-12(8-9-19(2,16)17)10-18-13-6-4-11(14)5-7-13/h4-7,12,15H,3,8-10H2,1-2H3. The van der Waals surface area contributed by atoms with E-state index in [0.717, 1.165) is 17.2 Å². The number of hydrogen-bond acceptors (Lipinski definition) is 4. The Morgan fingerprint density at radius 2 is 1.95 bits per heavy atom. The van der Waals surface area contributed by atoms with Crippen LogP contribution in [0.1, 0.15) is 13.3 Å². The van der Waals surface area contributed by atoms with E-state index >= 15 is 0 Å². The fourth-order valence-electron chi connectivity index (χ4n) is 1.62. The van der Waals surface area contributed by atoms with Gasteiger partial charge in [-0.3, -0.25) is 0 Å². The third-order valence-electron chi connectivity index (χ3n) is 2.59. The van der Waals surface area contributed by atoms with Crippen LogP contribution in [0.15, 0.2) is 29.2 Å². The van der Waals surface area contributed by atoms with Gasteiger partial charge in [0.2, 0.25) is 0 Å². The summed E-state index contributed by atoms with van der Waals surface area (Å²) in [5.74, 6) is 0.716. The van der Waals surface area contributed by atoms with Crippen molar-refractivity contribution >= 4 is 21.6 Å². The lowest BCUT2D eigenvalue weighted by Gasteiger charge is -2.17. The quantitative estimate of drug-likeness (QED) is 0.749. The maximum Gasteiger partial charge on any atom is 0.147 e. The van der Waals surface area contributed by atoms with Gasteiger partial charge < -0.3 is 5.32 Å². The topological polar surface area (TPSA) is 46.2 Å². The van der Waals surface area contributed by atoms with E-state index in [2.05, 4.69) is 5.32 Å². The molecule has 1 aromatic rings. The summed E-state index contributed by atoms with van der Waals surface area (Å²) < 4.78 is 35.1. The zero-order valence-corrected chi connectivity index (χ0v) is 12.9. The predicted molar refractivity (Wildman–Crippen MR) is 78.9 cm³/mol. The third kappa shape index (κ3) is 7.54. The van der Waals surface area contributed by atoms with Crippen LogP contribution in [0.4, 0.5) is 4.39 Å². The van der Waals surface area contributed by atoms with Gasteiger partial charge in [-0.25, -0.2) is 12.8 Å². The van der Waals surface area contributed by atoms with Gasteiger partial charge in [0.1, 0.15) is 15.7 Å². The molecular formula is C13H20FNO2S2. The van der Waals surface area contributed by atoms with Gasteiger partial charge in [-0.2, -0.15) is 0 Å². The maximum atomic E-state index is 12.8. The largest absolute Gasteiger partial charge is 0.313 e. The minimum atomic E-state index is -2.92. The van der Waals surface area contributed by atoms with Gasteiger partial charge in [-0.05, 0) is 37.2 Å².